The first-order chi connectivity index (χ1) is 20.9. The fourth-order valence-corrected chi connectivity index (χ4v) is 9.75. The second-order valence-electron chi connectivity index (χ2n) is 13.0. The van der Waals surface area contributed by atoms with Crippen molar-refractivity contribution in [3.8, 4) is 22.3 Å². The zero-order valence-corrected chi connectivity index (χ0v) is 25.8. The molecule has 1 aromatic heterocycles. The van der Waals surface area contributed by atoms with E-state index in [4.69, 9.17) is 0 Å². The zero-order chi connectivity index (χ0) is 29.1. The summed E-state index contributed by atoms with van der Waals surface area (Å²) in [7, 11) is 0. The van der Waals surface area contributed by atoms with Gasteiger partial charge in [0, 0.05) is 31.2 Å². The first-order valence-corrected chi connectivity index (χ1v) is 16.1. The molecular formula is C42H32S. The summed E-state index contributed by atoms with van der Waals surface area (Å²) in [6.45, 7) is 9.40. The topological polar surface area (TPSA) is 0 Å². The van der Waals surface area contributed by atoms with Gasteiger partial charge in [-0.1, -0.05) is 140 Å². The molecule has 43 heavy (non-hydrogen) atoms. The van der Waals surface area contributed by atoms with Gasteiger partial charge in [0.25, 0.3) is 0 Å². The molecule has 0 atom stereocenters. The van der Waals surface area contributed by atoms with Crippen LogP contribution < -0.4 is 0 Å². The van der Waals surface area contributed by atoms with Gasteiger partial charge in [-0.25, -0.2) is 0 Å². The van der Waals surface area contributed by atoms with Crippen LogP contribution in [0.1, 0.15) is 58.4 Å². The van der Waals surface area contributed by atoms with E-state index in [0.29, 0.717) is 0 Å². The molecule has 0 unspecified atom stereocenters. The lowest BCUT2D eigenvalue weighted by Gasteiger charge is -2.38. The molecule has 9 rings (SSSR count). The van der Waals surface area contributed by atoms with Gasteiger partial charge in [0.1, 0.15) is 0 Å². The highest BCUT2D eigenvalue weighted by molar-refractivity contribution is 7.26. The first-order valence-electron chi connectivity index (χ1n) is 15.3. The van der Waals surface area contributed by atoms with E-state index in [2.05, 4.69) is 149 Å². The molecule has 0 radical (unpaired) electrons. The van der Waals surface area contributed by atoms with Gasteiger partial charge in [-0.15, -0.1) is 11.3 Å². The molecule has 0 aliphatic heterocycles. The predicted molar refractivity (Wildman–Crippen MR) is 184 cm³/mol. The van der Waals surface area contributed by atoms with Crippen molar-refractivity contribution < 1.29 is 0 Å². The van der Waals surface area contributed by atoms with Gasteiger partial charge >= 0.3 is 0 Å². The van der Waals surface area contributed by atoms with Crippen molar-refractivity contribution in [3.05, 3.63) is 166 Å². The number of hydrogen-bond donors (Lipinski definition) is 0. The Morgan fingerprint density at radius 1 is 0.535 bits per heavy atom. The number of aryl methyl sites for hydroxylation is 2. The lowest BCUT2D eigenvalue weighted by Crippen LogP contribution is -2.32. The Morgan fingerprint density at radius 2 is 1.09 bits per heavy atom. The minimum atomic E-state index is -0.442. The fourth-order valence-electron chi connectivity index (χ4n) is 8.48. The van der Waals surface area contributed by atoms with E-state index in [1.807, 2.05) is 11.3 Å². The van der Waals surface area contributed by atoms with Gasteiger partial charge in [-0.05, 0) is 70.0 Å². The molecule has 2 aliphatic carbocycles. The average Bonchev–Trinajstić information content (AvgIpc) is 3.62. The summed E-state index contributed by atoms with van der Waals surface area (Å²) in [5.74, 6) is 0. The Hall–Kier alpha value is -4.46. The Kier molecular flexibility index (Phi) is 4.99. The monoisotopic (exact) mass is 568 g/mol. The van der Waals surface area contributed by atoms with Crippen LogP contribution in [0.4, 0.5) is 0 Å². The van der Waals surface area contributed by atoms with Crippen LogP contribution in [-0.2, 0) is 10.8 Å². The van der Waals surface area contributed by atoms with E-state index in [0.717, 1.165) is 0 Å². The Balaban J connectivity index is 1.62. The van der Waals surface area contributed by atoms with E-state index in [1.54, 1.807) is 0 Å². The van der Waals surface area contributed by atoms with Gasteiger partial charge in [-0.3, -0.25) is 0 Å². The smallest absolute Gasteiger partial charge is 0.0717 e. The van der Waals surface area contributed by atoms with Crippen molar-refractivity contribution in [2.75, 3.05) is 0 Å². The summed E-state index contributed by atoms with van der Waals surface area (Å²) < 4.78 is 2.77. The van der Waals surface area contributed by atoms with Crippen LogP contribution in [0.25, 0.3) is 42.4 Å². The third-order valence-electron chi connectivity index (χ3n) is 10.2. The normalized spacial score (nSPS) is 15.3. The molecule has 1 heterocycles. The molecule has 2 aliphatic rings. The molecule has 0 saturated heterocycles. The number of hydrogen-bond acceptors (Lipinski definition) is 1. The van der Waals surface area contributed by atoms with Crippen molar-refractivity contribution in [2.45, 2.75) is 38.5 Å². The lowest BCUT2D eigenvalue weighted by molar-refractivity contribution is 0.633. The highest BCUT2D eigenvalue weighted by Gasteiger charge is 2.53. The van der Waals surface area contributed by atoms with Crippen LogP contribution >= 0.6 is 11.3 Å². The van der Waals surface area contributed by atoms with Crippen molar-refractivity contribution in [1.82, 2.24) is 0 Å². The van der Waals surface area contributed by atoms with Crippen molar-refractivity contribution in [1.29, 1.82) is 0 Å². The van der Waals surface area contributed by atoms with E-state index >= 15 is 0 Å². The number of rotatable bonds is 2. The number of benzene rings is 6. The summed E-state index contributed by atoms with van der Waals surface area (Å²) in [6, 6.07) is 46.0. The molecule has 6 aromatic carbocycles. The van der Waals surface area contributed by atoms with Crippen molar-refractivity contribution in [2.24, 2.45) is 0 Å². The van der Waals surface area contributed by atoms with Crippen LogP contribution in [0.3, 0.4) is 0 Å². The van der Waals surface area contributed by atoms with E-state index in [1.165, 1.54) is 86.9 Å². The van der Waals surface area contributed by atoms with Crippen molar-refractivity contribution >= 4 is 31.5 Å². The molecule has 206 valence electrons. The third kappa shape index (κ3) is 3.06. The van der Waals surface area contributed by atoms with Crippen LogP contribution in [0, 0.1) is 13.8 Å². The minimum absolute atomic E-state index is 0.177. The van der Waals surface area contributed by atoms with Crippen molar-refractivity contribution in [3.63, 3.8) is 0 Å². The third-order valence-corrected chi connectivity index (χ3v) is 11.4. The SMILES string of the molecule is Cc1ccc2c(c1)C(C)(C)c1c3c(c4sc5ccccc5c4c1-2)-c1ccc(C)cc1C3(c1ccccc1)c1ccccc1. The number of fused-ring (bicyclic) bond motifs is 12. The zero-order valence-electron chi connectivity index (χ0n) is 25.0. The molecule has 0 bridgehead atoms. The second kappa shape index (κ2) is 8.56. The van der Waals surface area contributed by atoms with E-state index in [9.17, 15) is 0 Å². The van der Waals surface area contributed by atoms with Crippen LogP contribution in [0.15, 0.2) is 121 Å². The van der Waals surface area contributed by atoms with Gasteiger partial charge < -0.3 is 0 Å². The van der Waals surface area contributed by atoms with Crippen LogP contribution in [0.5, 0.6) is 0 Å². The highest BCUT2D eigenvalue weighted by atomic mass is 32.1. The molecular weight excluding hydrogens is 537 g/mol. The molecule has 0 N–H and O–H groups in total. The standard InChI is InChI=1S/C42H32S/c1-25-19-21-29-32(23-25)41(3,4)38-35(29)36-31-17-11-12-18-34(31)43-40(36)37-30-22-20-26(2)24-33(30)42(39(37)38,27-13-7-5-8-14-27)28-15-9-6-10-16-28/h5-24H,1-4H3. The molecule has 0 fully saturated rings. The predicted octanol–water partition coefficient (Wildman–Crippen LogP) is 11.3. The summed E-state index contributed by atoms with van der Waals surface area (Å²) in [5, 5.41) is 2.80. The highest BCUT2D eigenvalue weighted by Crippen LogP contribution is 2.66. The van der Waals surface area contributed by atoms with Gasteiger partial charge in [0.05, 0.1) is 5.41 Å². The summed E-state index contributed by atoms with van der Waals surface area (Å²) in [5.41, 5.74) is 16.1. The maximum Gasteiger partial charge on any atom is 0.0717 e. The van der Waals surface area contributed by atoms with E-state index in [-0.39, 0.29) is 5.41 Å². The fraction of sp³-hybridized carbons (Fsp3) is 0.143. The van der Waals surface area contributed by atoms with Gasteiger partial charge in [0.2, 0.25) is 0 Å². The molecule has 0 nitrogen and oxygen atoms in total. The van der Waals surface area contributed by atoms with E-state index < -0.39 is 5.41 Å². The molecule has 0 saturated carbocycles. The molecule has 1 heteroatoms. The van der Waals surface area contributed by atoms with Gasteiger partial charge in [-0.2, -0.15) is 0 Å². The van der Waals surface area contributed by atoms with Crippen LogP contribution in [0.2, 0.25) is 0 Å². The average molecular weight is 569 g/mol. The Labute approximate surface area is 257 Å². The summed E-state index contributed by atoms with van der Waals surface area (Å²) >= 11 is 1.97. The summed E-state index contributed by atoms with van der Waals surface area (Å²) in [4.78, 5) is 0. The van der Waals surface area contributed by atoms with Gasteiger partial charge in [0.15, 0.2) is 0 Å². The molecule has 0 spiro atoms. The molecule has 0 amide bonds. The minimum Gasteiger partial charge on any atom is -0.134 e. The second-order valence-corrected chi connectivity index (χ2v) is 14.1. The molecule has 7 aromatic rings. The summed E-state index contributed by atoms with van der Waals surface area (Å²) in [6.07, 6.45) is 0. The quantitative estimate of drug-likeness (QED) is 0.195. The maximum absolute atomic E-state index is 2.47. The lowest BCUT2D eigenvalue weighted by atomic mass is 9.63. The maximum atomic E-state index is 2.47. The number of thiophene rings is 1. The largest absolute Gasteiger partial charge is 0.134 e. The van der Waals surface area contributed by atoms with Crippen LogP contribution in [-0.4, -0.2) is 0 Å². The Bertz CT molecular complexity index is 2230. The Morgan fingerprint density at radius 3 is 1.74 bits per heavy atom. The first kappa shape index (κ1) is 25.1.